The first kappa shape index (κ1) is 13.8. The van der Waals surface area contributed by atoms with Crippen molar-refractivity contribution in [3.05, 3.63) is 41.3 Å². The van der Waals surface area contributed by atoms with Crippen LogP contribution in [-0.4, -0.2) is 29.3 Å². The predicted octanol–water partition coefficient (Wildman–Crippen LogP) is 3.29. The lowest BCUT2D eigenvalue weighted by Crippen LogP contribution is -2.17. The molecule has 3 rings (SSSR count). The van der Waals surface area contributed by atoms with Crippen LogP contribution in [0.1, 0.15) is 23.2 Å². The Bertz CT molecular complexity index is 639. The number of hydrogen-bond donors (Lipinski definition) is 1. The molecule has 2 aromatic rings. The standard InChI is InChI=1S/C15H15ClN4O/c16-14-13(9-21)15(18-10-17-14)19-11-3-5-12(6-4-11)20-7-1-2-8-20/h3-6,9-10H,1-2,7-8H2,(H,17,18,19). The molecular formula is C15H15ClN4O. The van der Waals surface area contributed by atoms with Crippen LogP contribution < -0.4 is 10.2 Å². The summed E-state index contributed by atoms with van der Waals surface area (Å²) >= 11 is 5.88. The normalized spacial score (nSPS) is 14.2. The van der Waals surface area contributed by atoms with E-state index in [2.05, 4.69) is 32.3 Å². The molecule has 108 valence electrons. The van der Waals surface area contributed by atoms with Crippen LogP contribution in [0.15, 0.2) is 30.6 Å². The Balaban J connectivity index is 1.79. The second kappa shape index (κ2) is 6.10. The van der Waals surface area contributed by atoms with E-state index in [1.54, 1.807) is 0 Å². The number of anilines is 3. The minimum atomic E-state index is 0.149. The first-order valence-electron chi connectivity index (χ1n) is 6.85. The summed E-state index contributed by atoms with van der Waals surface area (Å²) in [5, 5.41) is 3.25. The molecule has 1 aliphatic rings. The molecule has 1 fully saturated rings. The molecule has 1 aliphatic heterocycles. The number of benzene rings is 1. The quantitative estimate of drug-likeness (QED) is 0.694. The predicted molar refractivity (Wildman–Crippen MR) is 83.6 cm³/mol. The van der Waals surface area contributed by atoms with E-state index in [1.807, 2.05) is 12.1 Å². The summed E-state index contributed by atoms with van der Waals surface area (Å²) < 4.78 is 0. The Kier molecular flexibility index (Phi) is 4.01. The Labute approximate surface area is 128 Å². The molecule has 6 heteroatoms. The average molecular weight is 303 g/mol. The zero-order valence-electron chi connectivity index (χ0n) is 11.4. The summed E-state index contributed by atoms with van der Waals surface area (Å²) in [5.41, 5.74) is 2.34. The molecule has 0 amide bonds. The van der Waals surface area contributed by atoms with E-state index in [0.717, 1.165) is 18.8 Å². The van der Waals surface area contributed by atoms with Gasteiger partial charge >= 0.3 is 0 Å². The van der Waals surface area contributed by atoms with Gasteiger partial charge in [-0.25, -0.2) is 9.97 Å². The van der Waals surface area contributed by atoms with Crippen molar-refractivity contribution in [3.8, 4) is 0 Å². The topological polar surface area (TPSA) is 58.1 Å². The first-order chi connectivity index (χ1) is 10.3. The molecule has 21 heavy (non-hydrogen) atoms. The van der Waals surface area contributed by atoms with Gasteiger partial charge in [0.1, 0.15) is 17.3 Å². The molecule has 0 spiro atoms. The third kappa shape index (κ3) is 2.97. The maximum absolute atomic E-state index is 11.1. The number of carbonyl (C=O) groups excluding carboxylic acids is 1. The maximum atomic E-state index is 11.1. The number of rotatable bonds is 4. The number of carbonyl (C=O) groups is 1. The van der Waals surface area contributed by atoms with Crippen molar-refractivity contribution in [1.82, 2.24) is 9.97 Å². The number of nitrogens with zero attached hydrogens (tertiary/aromatic N) is 3. The highest BCUT2D eigenvalue weighted by Crippen LogP contribution is 2.25. The minimum absolute atomic E-state index is 0.149. The van der Waals surface area contributed by atoms with Gasteiger partial charge in [-0.05, 0) is 37.1 Å². The highest BCUT2D eigenvalue weighted by molar-refractivity contribution is 6.32. The van der Waals surface area contributed by atoms with Crippen LogP contribution in [0.4, 0.5) is 17.2 Å². The van der Waals surface area contributed by atoms with Crippen LogP contribution in [0.5, 0.6) is 0 Å². The van der Waals surface area contributed by atoms with E-state index < -0.39 is 0 Å². The van der Waals surface area contributed by atoms with Gasteiger partial charge in [-0.1, -0.05) is 11.6 Å². The zero-order chi connectivity index (χ0) is 14.7. The molecule has 0 unspecified atom stereocenters. The molecule has 1 saturated heterocycles. The van der Waals surface area contributed by atoms with Crippen LogP contribution in [0, 0.1) is 0 Å². The van der Waals surface area contributed by atoms with Gasteiger partial charge in [-0.3, -0.25) is 4.79 Å². The molecule has 5 nitrogen and oxygen atoms in total. The Morgan fingerprint density at radius 1 is 1.14 bits per heavy atom. The Morgan fingerprint density at radius 2 is 1.86 bits per heavy atom. The van der Waals surface area contributed by atoms with Crippen molar-refractivity contribution < 1.29 is 4.79 Å². The van der Waals surface area contributed by atoms with Gasteiger partial charge in [-0.2, -0.15) is 0 Å². The fourth-order valence-electron chi connectivity index (χ4n) is 2.45. The maximum Gasteiger partial charge on any atom is 0.156 e. The van der Waals surface area contributed by atoms with Crippen LogP contribution >= 0.6 is 11.6 Å². The van der Waals surface area contributed by atoms with Gasteiger partial charge in [-0.15, -0.1) is 0 Å². The Hall–Kier alpha value is -2.14. The summed E-state index contributed by atoms with van der Waals surface area (Å²) in [5.74, 6) is 0.416. The summed E-state index contributed by atoms with van der Waals surface area (Å²) in [4.78, 5) is 21.3. The van der Waals surface area contributed by atoms with Crippen LogP contribution in [-0.2, 0) is 0 Å². The SMILES string of the molecule is O=Cc1c(Cl)ncnc1Nc1ccc(N2CCCC2)cc1. The van der Waals surface area contributed by atoms with E-state index in [4.69, 9.17) is 11.6 Å². The number of hydrogen-bond acceptors (Lipinski definition) is 5. The summed E-state index contributed by atoms with van der Waals surface area (Å²) in [6, 6.07) is 8.07. The lowest BCUT2D eigenvalue weighted by molar-refractivity contribution is 0.112. The van der Waals surface area contributed by atoms with Crippen molar-refractivity contribution in [2.24, 2.45) is 0 Å². The van der Waals surface area contributed by atoms with Gasteiger partial charge in [0.25, 0.3) is 0 Å². The molecule has 0 bridgehead atoms. The van der Waals surface area contributed by atoms with Gasteiger partial charge in [0, 0.05) is 24.5 Å². The molecule has 1 aromatic heterocycles. The third-order valence-corrected chi connectivity index (χ3v) is 3.86. The summed E-state index contributed by atoms with van der Waals surface area (Å²) in [7, 11) is 0. The smallest absolute Gasteiger partial charge is 0.156 e. The van der Waals surface area contributed by atoms with E-state index in [0.29, 0.717) is 12.1 Å². The Morgan fingerprint density at radius 3 is 2.52 bits per heavy atom. The molecule has 1 N–H and O–H groups in total. The summed E-state index contributed by atoms with van der Waals surface area (Å²) in [6.07, 6.45) is 4.49. The molecule has 0 radical (unpaired) electrons. The van der Waals surface area contributed by atoms with Gasteiger partial charge in [0.2, 0.25) is 0 Å². The molecule has 2 heterocycles. The molecule has 0 aliphatic carbocycles. The third-order valence-electron chi connectivity index (χ3n) is 3.55. The average Bonchev–Trinajstić information content (AvgIpc) is 3.03. The highest BCUT2D eigenvalue weighted by Gasteiger charge is 2.12. The van der Waals surface area contributed by atoms with E-state index in [1.165, 1.54) is 24.9 Å². The lowest BCUT2D eigenvalue weighted by Gasteiger charge is -2.18. The highest BCUT2D eigenvalue weighted by atomic mass is 35.5. The van der Waals surface area contributed by atoms with E-state index in [-0.39, 0.29) is 10.7 Å². The van der Waals surface area contributed by atoms with Crippen LogP contribution in [0.2, 0.25) is 5.15 Å². The van der Waals surface area contributed by atoms with Gasteiger partial charge < -0.3 is 10.2 Å². The fraction of sp³-hybridized carbons (Fsp3) is 0.267. The van der Waals surface area contributed by atoms with Crippen molar-refractivity contribution >= 4 is 35.1 Å². The number of aldehydes is 1. The van der Waals surface area contributed by atoms with E-state index >= 15 is 0 Å². The number of aromatic nitrogens is 2. The van der Waals surface area contributed by atoms with Crippen LogP contribution in [0.3, 0.4) is 0 Å². The fourth-order valence-corrected chi connectivity index (χ4v) is 2.62. The van der Waals surface area contributed by atoms with Crippen LogP contribution in [0.25, 0.3) is 0 Å². The molecule has 1 aromatic carbocycles. The zero-order valence-corrected chi connectivity index (χ0v) is 12.2. The molecule has 0 saturated carbocycles. The second-order valence-electron chi connectivity index (χ2n) is 4.91. The number of halogens is 1. The van der Waals surface area contributed by atoms with Crippen molar-refractivity contribution in [3.63, 3.8) is 0 Å². The van der Waals surface area contributed by atoms with E-state index in [9.17, 15) is 4.79 Å². The summed E-state index contributed by atoms with van der Waals surface area (Å²) in [6.45, 7) is 2.23. The molecule has 0 atom stereocenters. The van der Waals surface area contributed by atoms with Crippen molar-refractivity contribution in [2.75, 3.05) is 23.3 Å². The van der Waals surface area contributed by atoms with Gasteiger partial charge in [0.15, 0.2) is 6.29 Å². The van der Waals surface area contributed by atoms with Gasteiger partial charge in [0.05, 0.1) is 5.56 Å². The van der Waals surface area contributed by atoms with Crippen molar-refractivity contribution in [2.45, 2.75) is 12.8 Å². The van der Waals surface area contributed by atoms with Crippen molar-refractivity contribution in [1.29, 1.82) is 0 Å². The minimum Gasteiger partial charge on any atom is -0.372 e. The molecular weight excluding hydrogens is 288 g/mol. The second-order valence-corrected chi connectivity index (χ2v) is 5.27. The lowest BCUT2D eigenvalue weighted by atomic mass is 10.2. The first-order valence-corrected chi connectivity index (χ1v) is 7.23. The number of nitrogens with one attached hydrogen (secondary N) is 1. The largest absolute Gasteiger partial charge is 0.372 e. The monoisotopic (exact) mass is 302 g/mol.